The number of hydrogen-bond acceptors (Lipinski definition) is 2. The van der Waals surface area contributed by atoms with Crippen molar-refractivity contribution in [1.82, 2.24) is 5.32 Å². The maximum atomic E-state index is 13.2. The van der Waals surface area contributed by atoms with Gasteiger partial charge in [-0.15, -0.1) is 0 Å². The highest BCUT2D eigenvalue weighted by Gasteiger charge is 2.04. The molecule has 0 amide bonds. The van der Waals surface area contributed by atoms with E-state index in [-0.39, 0.29) is 5.75 Å². The summed E-state index contributed by atoms with van der Waals surface area (Å²) in [6, 6.07) is 3.37. The van der Waals surface area contributed by atoms with Crippen LogP contribution in [0.3, 0.4) is 0 Å². The normalized spacial score (nSPS) is 11.0. The summed E-state index contributed by atoms with van der Waals surface area (Å²) in [5.41, 5.74) is 0. The van der Waals surface area contributed by atoms with Crippen molar-refractivity contribution in [2.24, 2.45) is 5.92 Å². The predicted molar refractivity (Wildman–Crippen MR) is 73.4 cm³/mol. The topological polar surface area (TPSA) is 21.3 Å². The van der Waals surface area contributed by atoms with Gasteiger partial charge in [-0.25, -0.2) is 8.78 Å². The van der Waals surface area contributed by atoms with Crippen LogP contribution in [0.2, 0.25) is 0 Å². The van der Waals surface area contributed by atoms with Gasteiger partial charge in [-0.05, 0) is 50.4 Å². The molecule has 0 atom stereocenters. The van der Waals surface area contributed by atoms with Gasteiger partial charge in [0.05, 0.1) is 6.61 Å². The van der Waals surface area contributed by atoms with Gasteiger partial charge >= 0.3 is 0 Å². The molecule has 108 valence electrons. The van der Waals surface area contributed by atoms with Gasteiger partial charge in [0, 0.05) is 6.07 Å². The minimum atomic E-state index is -0.640. The Morgan fingerprint density at radius 2 is 1.95 bits per heavy atom. The summed E-state index contributed by atoms with van der Waals surface area (Å²) in [5.74, 6) is -0.427. The van der Waals surface area contributed by atoms with Crippen molar-refractivity contribution < 1.29 is 13.5 Å². The second kappa shape index (κ2) is 8.86. The Hall–Kier alpha value is -1.16. The second-order valence-corrected chi connectivity index (χ2v) is 5.08. The summed E-state index contributed by atoms with van der Waals surface area (Å²) in [4.78, 5) is 0. The van der Waals surface area contributed by atoms with E-state index >= 15 is 0 Å². The number of unbranched alkanes of at least 4 members (excludes halogenated alkanes) is 2. The standard InChI is InChI=1S/C15H23F2NO/c1-12(2)11-18-8-4-3-5-9-19-15-7-6-13(16)10-14(15)17/h6-7,10,12,18H,3-5,8-9,11H2,1-2H3. The summed E-state index contributed by atoms with van der Waals surface area (Å²) < 4.78 is 31.2. The van der Waals surface area contributed by atoms with Crippen LogP contribution >= 0.6 is 0 Å². The summed E-state index contributed by atoms with van der Waals surface area (Å²) >= 11 is 0. The first-order chi connectivity index (χ1) is 9.09. The molecule has 0 saturated heterocycles. The van der Waals surface area contributed by atoms with Crippen LogP contribution in [0.25, 0.3) is 0 Å². The van der Waals surface area contributed by atoms with Crippen molar-refractivity contribution in [3.8, 4) is 5.75 Å². The molecular formula is C15H23F2NO. The van der Waals surface area contributed by atoms with Crippen molar-refractivity contribution in [2.45, 2.75) is 33.1 Å². The number of benzene rings is 1. The Bertz CT molecular complexity index is 369. The zero-order valence-corrected chi connectivity index (χ0v) is 11.7. The van der Waals surface area contributed by atoms with Gasteiger partial charge in [0.1, 0.15) is 5.82 Å². The Morgan fingerprint density at radius 1 is 1.16 bits per heavy atom. The number of halogens is 2. The van der Waals surface area contributed by atoms with Gasteiger partial charge in [-0.2, -0.15) is 0 Å². The molecule has 1 aromatic carbocycles. The van der Waals surface area contributed by atoms with E-state index in [1.54, 1.807) is 0 Å². The molecule has 4 heteroatoms. The van der Waals surface area contributed by atoms with Gasteiger partial charge in [0.25, 0.3) is 0 Å². The Kier molecular flexibility index (Phi) is 7.41. The van der Waals surface area contributed by atoms with Crippen molar-refractivity contribution in [3.05, 3.63) is 29.8 Å². The first-order valence-corrected chi connectivity index (χ1v) is 6.88. The van der Waals surface area contributed by atoms with Gasteiger partial charge in [-0.3, -0.25) is 0 Å². The Balaban J connectivity index is 2.04. The molecule has 0 aromatic heterocycles. The highest BCUT2D eigenvalue weighted by molar-refractivity contribution is 5.24. The maximum Gasteiger partial charge on any atom is 0.167 e. The molecular weight excluding hydrogens is 248 g/mol. The number of rotatable bonds is 9. The minimum absolute atomic E-state index is 0.124. The van der Waals surface area contributed by atoms with E-state index in [2.05, 4.69) is 19.2 Å². The van der Waals surface area contributed by atoms with Crippen LogP contribution in [0.1, 0.15) is 33.1 Å². The third-order valence-corrected chi connectivity index (χ3v) is 2.70. The third kappa shape index (κ3) is 7.11. The van der Waals surface area contributed by atoms with Crippen LogP contribution in [-0.2, 0) is 0 Å². The average Bonchev–Trinajstić information content (AvgIpc) is 2.34. The Morgan fingerprint density at radius 3 is 2.63 bits per heavy atom. The maximum absolute atomic E-state index is 13.2. The molecule has 0 aliphatic rings. The van der Waals surface area contributed by atoms with Crippen LogP contribution in [0, 0.1) is 17.6 Å². The van der Waals surface area contributed by atoms with Crippen LogP contribution in [0.15, 0.2) is 18.2 Å². The third-order valence-electron chi connectivity index (χ3n) is 2.70. The van der Waals surface area contributed by atoms with Gasteiger partial charge in [0.15, 0.2) is 11.6 Å². The molecule has 1 aromatic rings. The highest BCUT2D eigenvalue weighted by Crippen LogP contribution is 2.17. The second-order valence-electron chi connectivity index (χ2n) is 5.08. The minimum Gasteiger partial charge on any atom is -0.491 e. The van der Waals surface area contributed by atoms with E-state index in [0.29, 0.717) is 12.5 Å². The van der Waals surface area contributed by atoms with E-state index in [1.165, 1.54) is 12.1 Å². The zero-order valence-electron chi connectivity index (χ0n) is 11.7. The van der Waals surface area contributed by atoms with Gasteiger partial charge in [-0.1, -0.05) is 13.8 Å². The molecule has 0 radical (unpaired) electrons. The molecule has 0 heterocycles. The summed E-state index contributed by atoms with van der Waals surface area (Å²) in [7, 11) is 0. The van der Waals surface area contributed by atoms with Gasteiger partial charge < -0.3 is 10.1 Å². The Labute approximate surface area is 114 Å². The fourth-order valence-electron chi connectivity index (χ4n) is 1.69. The molecule has 19 heavy (non-hydrogen) atoms. The first kappa shape index (κ1) is 15.9. The molecule has 0 saturated carbocycles. The summed E-state index contributed by atoms with van der Waals surface area (Å²) in [6.07, 6.45) is 3.00. The van der Waals surface area contributed by atoms with Crippen molar-refractivity contribution >= 4 is 0 Å². The molecule has 0 spiro atoms. The molecule has 0 unspecified atom stereocenters. The highest BCUT2D eigenvalue weighted by atomic mass is 19.1. The molecule has 1 N–H and O–H groups in total. The van der Waals surface area contributed by atoms with E-state index in [4.69, 9.17) is 4.74 Å². The van der Waals surface area contributed by atoms with Crippen LogP contribution < -0.4 is 10.1 Å². The van der Waals surface area contributed by atoms with Crippen LogP contribution in [0.4, 0.5) is 8.78 Å². The number of ether oxygens (including phenoxy) is 1. The lowest BCUT2D eigenvalue weighted by molar-refractivity contribution is 0.289. The van der Waals surface area contributed by atoms with Crippen LogP contribution in [0.5, 0.6) is 5.75 Å². The fraction of sp³-hybridized carbons (Fsp3) is 0.600. The molecule has 2 nitrogen and oxygen atoms in total. The van der Waals surface area contributed by atoms with E-state index in [1.807, 2.05) is 0 Å². The fourth-order valence-corrected chi connectivity index (χ4v) is 1.69. The SMILES string of the molecule is CC(C)CNCCCCCOc1ccc(F)cc1F. The van der Waals surface area contributed by atoms with E-state index < -0.39 is 11.6 Å². The largest absolute Gasteiger partial charge is 0.491 e. The van der Waals surface area contributed by atoms with E-state index in [9.17, 15) is 8.78 Å². The lowest BCUT2D eigenvalue weighted by Gasteiger charge is -2.08. The molecule has 0 aliphatic heterocycles. The average molecular weight is 271 g/mol. The lowest BCUT2D eigenvalue weighted by Crippen LogP contribution is -2.20. The lowest BCUT2D eigenvalue weighted by atomic mass is 10.2. The van der Waals surface area contributed by atoms with Crippen molar-refractivity contribution in [2.75, 3.05) is 19.7 Å². The summed E-state index contributed by atoms with van der Waals surface area (Å²) in [6.45, 7) is 6.86. The molecule has 0 aliphatic carbocycles. The molecule has 1 rings (SSSR count). The van der Waals surface area contributed by atoms with Crippen molar-refractivity contribution in [1.29, 1.82) is 0 Å². The predicted octanol–water partition coefficient (Wildman–Crippen LogP) is 3.76. The summed E-state index contributed by atoms with van der Waals surface area (Å²) in [5, 5.41) is 3.37. The smallest absolute Gasteiger partial charge is 0.167 e. The van der Waals surface area contributed by atoms with E-state index in [0.717, 1.165) is 38.4 Å². The zero-order chi connectivity index (χ0) is 14.1. The number of hydrogen-bond donors (Lipinski definition) is 1. The van der Waals surface area contributed by atoms with Gasteiger partial charge in [0.2, 0.25) is 0 Å². The molecule has 0 bridgehead atoms. The van der Waals surface area contributed by atoms with Crippen LogP contribution in [-0.4, -0.2) is 19.7 Å². The van der Waals surface area contributed by atoms with Crippen molar-refractivity contribution in [3.63, 3.8) is 0 Å². The monoisotopic (exact) mass is 271 g/mol. The molecule has 0 fully saturated rings. The first-order valence-electron chi connectivity index (χ1n) is 6.88. The quantitative estimate of drug-likeness (QED) is 0.690. The number of nitrogens with one attached hydrogen (secondary N) is 1.